The first-order chi connectivity index (χ1) is 8.17. The second kappa shape index (κ2) is 7.45. The van der Waals surface area contributed by atoms with E-state index in [0.29, 0.717) is 11.6 Å². The summed E-state index contributed by atoms with van der Waals surface area (Å²) in [6.45, 7) is 2.78. The normalized spacial score (nSPS) is 10.1. The van der Waals surface area contributed by atoms with E-state index in [4.69, 9.17) is 11.6 Å². The van der Waals surface area contributed by atoms with E-state index in [-0.39, 0.29) is 6.03 Å². The number of anilines is 1. The van der Waals surface area contributed by atoms with Crippen molar-refractivity contribution in [2.45, 2.75) is 24.7 Å². The average Bonchev–Trinajstić information content (AvgIpc) is 2.29. The van der Waals surface area contributed by atoms with Crippen LogP contribution in [-0.4, -0.2) is 18.8 Å². The standard InChI is InChI=1S/C12H17ClN2OS/c1-3-4-7-14-12(16)15-10-8-9(13)5-6-11(10)17-2/h5-6,8H,3-4,7H2,1-2H3,(H2,14,15,16). The second-order valence-corrected chi connectivity index (χ2v) is 4.86. The van der Waals surface area contributed by atoms with E-state index >= 15 is 0 Å². The molecule has 3 nitrogen and oxygen atoms in total. The first-order valence-corrected chi connectivity index (χ1v) is 7.16. The predicted molar refractivity (Wildman–Crippen MR) is 75.2 cm³/mol. The van der Waals surface area contributed by atoms with Crippen LogP contribution in [-0.2, 0) is 0 Å². The van der Waals surface area contributed by atoms with Gasteiger partial charge in [-0.3, -0.25) is 0 Å². The van der Waals surface area contributed by atoms with Gasteiger partial charge in [0, 0.05) is 16.5 Å². The molecular weight excluding hydrogens is 256 g/mol. The van der Waals surface area contributed by atoms with Gasteiger partial charge in [-0.25, -0.2) is 4.79 Å². The number of hydrogen-bond donors (Lipinski definition) is 2. The number of nitrogens with one attached hydrogen (secondary N) is 2. The van der Waals surface area contributed by atoms with Crippen molar-refractivity contribution in [3.8, 4) is 0 Å². The van der Waals surface area contributed by atoms with Crippen molar-refractivity contribution in [2.24, 2.45) is 0 Å². The summed E-state index contributed by atoms with van der Waals surface area (Å²) in [5.74, 6) is 0. The van der Waals surface area contributed by atoms with Crippen molar-refractivity contribution in [3.05, 3.63) is 23.2 Å². The van der Waals surface area contributed by atoms with Crippen LogP contribution < -0.4 is 10.6 Å². The smallest absolute Gasteiger partial charge is 0.319 e. The van der Waals surface area contributed by atoms with Crippen LogP contribution in [0.4, 0.5) is 10.5 Å². The van der Waals surface area contributed by atoms with Gasteiger partial charge in [-0.05, 0) is 30.9 Å². The third kappa shape index (κ3) is 4.88. The van der Waals surface area contributed by atoms with Crippen molar-refractivity contribution in [1.82, 2.24) is 5.32 Å². The van der Waals surface area contributed by atoms with Crippen molar-refractivity contribution in [3.63, 3.8) is 0 Å². The van der Waals surface area contributed by atoms with Crippen LogP contribution in [0.3, 0.4) is 0 Å². The summed E-state index contributed by atoms with van der Waals surface area (Å²) in [5.41, 5.74) is 0.749. The summed E-state index contributed by atoms with van der Waals surface area (Å²) in [4.78, 5) is 12.6. The fourth-order valence-corrected chi connectivity index (χ4v) is 2.03. The van der Waals surface area contributed by atoms with Crippen LogP contribution in [0.25, 0.3) is 0 Å². The van der Waals surface area contributed by atoms with Gasteiger partial charge < -0.3 is 10.6 Å². The lowest BCUT2D eigenvalue weighted by molar-refractivity contribution is 0.252. The lowest BCUT2D eigenvalue weighted by Gasteiger charge is -2.10. The molecule has 0 fully saturated rings. The number of rotatable bonds is 5. The number of carbonyl (C=O) groups is 1. The molecule has 0 aliphatic carbocycles. The molecule has 0 atom stereocenters. The molecular formula is C12H17ClN2OS. The maximum absolute atomic E-state index is 11.6. The van der Waals surface area contributed by atoms with Gasteiger partial charge in [0.25, 0.3) is 0 Å². The van der Waals surface area contributed by atoms with E-state index in [1.807, 2.05) is 18.4 Å². The number of carbonyl (C=O) groups excluding carboxylic acids is 1. The molecule has 5 heteroatoms. The van der Waals surface area contributed by atoms with E-state index in [2.05, 4.69) is 17.6 Å². The molecule has 0 saturated carbocycles. The van der Waals surface area contributed by atoms with Crippen LogP contribution in [0.15, 0.2) is 23.1 Å². The predicted octanol–water partition coefficient (Wildman–Crippen LogP) is 3.98. The summed E-state index contributed by atoms with van der Waals surface area (Å²) >= 11 is 7.48. The van der Waals surface area contributed by atoms with Crippen molar-refractivity contribution < 1.29 is 4.79 Å². The monoisotopic (exact) mass is 272 g/mol. The van der Waals surface area contributed by atoms with Crippen LogP contribution in [0.2, 0.25) is 5.02 Å². The summed E-state index contributed by atoms with van der Waals surface area (Å²) in [6, 6.07) is 5.28. The van der Waals surface area contributed by atoms with E-state index in [9.17, 15) is 4.79 Å². The fourth-order valence-electron chi connectivity index (χ4n) is 1.32. The first kappa shape index (κ1) is 14.2. The minimum Gasteiger partial charge on any atom is -0.338 e. The molecule has 0 aromatic heterocycles. The van der Waals surface area contributed by atoms with Crippen LogP contribution in [0.1, 0.15) is 19.8 Å². The number of urea groups is 1. The number of halogens is 1. The number of thioether (sulfide) groups is 1. The SMILES string of the molecule is CCCCNC(=O)Nc1cc(Cl)ccc1SC. The number of amides is 2. The minimum absolute atomic E-state index is 0.184. The maximum atomic E-state index is 11.6. The van der Waals surface area contributed by atoms with Gasteiger partial charge in [0.15, 0.2) is 0 Å². The van der Waals surface area contributed by atoms with Gasteiger partial charge in [0.1, 0.15) is 0 Å². The Bertz CT molecular complexity index is 385. The Hall–Kier alpha value is -0.870. The molecule has 94 valence electrons. The third-order valence-electron chi connectivity index (χ3n) is 2.23. The Balaban J connectivity index is 2.60. The Morgan fingerprint density at radius 3 is 2.88 bits per heavy atom. The highest BCUT2D eigenvalue weighted by atomic mass is 35.5. The molecule has 2 amide bonds. The Morgan fingerprint density at radius 1 is 1.47 bits per heavy atom. The molecule has 0 radical (unpaired) electrons. The highest BCUT2D eigenvalue weighted by Gasteiger charge is 2.06. The van der Waals surface area contributed by atoms with E-state index in [1.165, 1.54) is 0 Å². The van der Waals surface area contributed by atoms with Crippen molar-refractivity contribution in [1.29, 1.82) is 0 Å². The summed E-state index contributed by atoms with van der Waals surface area (Å²) in [6.07, 6.45) is 4.01. The lowest BCUT2D eigenvalue weighted by Crippen LogP contribution is -2.29. The summed E-state index contributed by atoms with van der Waals surface area (Å²) in [5, 5.41) is 6.22. The van der Waals surface area contributed by atoms with E-state index in [1.54, 1.807) is 17.8 Å². The van der Waals surface area contributed by atoms with Gasteiger partial charge >= 0.3 is 6.03 Å². The zero-order valence-electron chi connectivity index (χ0n) is 10.0. The molecule has 1 rings (SSSR count). The molecule has 2 N–H and O–H groups in total. The lowest BCUT2D eigenvalue weighted by atomic mass is 10.3. The van der Waals surface area contributed by atoms with Crippen LogP contribution in [0, 0.1) is 0 Å². The first-order valence-electron chi connectivity index (χ1n) is 5.55. The molecule has 0 spiro atoms. The maximum Gasteiger partial charge on any atom is 0.319 e. The minimum atomic E-state index is -0.184. The quantitative estimate of drug-likeness (QED) is 0.629. The van der Waals surface area contributed by atoms with Gasteiger partial charge in [0.05, 0.1) is 5.69 Å². The molecule has 0 aliphatic rings. The number of hydrogen-bond acceptors (Lipinski definition) is 2. The molecule has 0 aliphatic heterocycles. The van der Waals surface area contributed by atoms with Crippen LogP contribution >= 0.6 is 23.4 Å². The van der Waals surface area contributed by atoms with Gasteiger partial charge in [0.2, 0.25) is 0 Å². The molecule has 1 aromatic carbocycles. The Morgan fingerprint density at radius 2 is 2.24 bits per heavy atom. The largest absolute Gasteiger partial charge is 0.338 e. The van der Waals surface area contributed by atoms with Crippen molar-refractivity contribution in [2.75, 3.05) is 18.1 Å². The molecule has 0 bridgehead atoms. The molecule has 0 unspecified atom stereocenters. The highest BCUT2D eigenvalue weighted by Crippen LogP contribution is 2.28. The van der Waals surface area contributed by atoms with Gasteiger partial charge in [-0.15, -0.1) is 11.8 Å². The second-order valence-electron chi connectivity index (χ2n) is 3.58. The highest BCUT2D eigenvalue weighted by molar-refractivity contribution is 7.98. The topological polar surface area (TPSA) is 41.1 Å². The zero-order chi connectivity index (χ0) is 12.7. The van der Waals surface area contributed by atoms with Crippen molar-refractivity contribution >= 4 is 35.1 Å². The zero-order valence-corrected chi connectivity index (χ0v) is 11.6. The number of benzene rings is 1. The van der Waals surface area contributed by atoms with Gasteiger partial charge in [-0.2, -0.15) is 0 Å². The molecule has 0 heterocycles. The summed E-state index contributed by atoms with van der Waals surface area (Å²) in [7, 11) is 0. The van der Waals surface area contributed by atoms with E-state index < -0.39 is 0 Å². The summed E-state index contributed by atoms with van der Waals surface area (Å²) < 4.78 is 0. The number of unbranched alkanes of at least 4 members (excludes halogenated alkanes) is 1. The Labute approximate surface area is 111 Å². The third-order valence-corrected chi connectivity index (χ3v) is 3.26. The van der Waals surface area contributed by atoms with E-state index in [0.717, 1.165) is 23.4 Å². The average molecular weight is 273 g/mol. The molecule has 1 aromatic rings. The Kier molecular flexibility index (Phi) is 6.22. The molecule has 17 heavy (non-hydrogen) atoms. The van der Waals surface area contributed by atoms with Gasteiger partial charge in [-0.1, -0.05) is 24.9 Å². The van der Waals surface area contributed by atoms with Crippen LogP contribution in [0.5, 0.6) is 0 Å². The fraction of sp³-hybridized carbons (Fsp3) is 0.417. The molecule has 0 saturated heterocycles.